The molecule has 1 unspecified atom stereocenters. The van der Waals surface area contributed by atoms with E-state index < -0.39 is 4.97 Å². The van der Waals surface area contributed by atoms with Crippen LogP contribution in [0.15, 0.2) is 0 Å². The van der Waals surface area contributed by atoms with Crippen LogP contribution in [0.2, 0.25) is 5.04 Å². The van der Waals surface area contributed by atoms with Crippen LogP contribution in [0.1, 0.15) is 20.3 Å². The van der Waals surface area contributed by atoms with Gasteiger partial charge in [0.1, 0.15) is 26.3 Å². The van der Waals surface area contributed by atoms with Crippen LogP contribution in [0.25, 0.3) is 0 Å². The van der Waals surface area contributed by atoms with Gasteiger partial charge in [0.2, 0.25) is 6.17 Å². The second-order valence-corrected chi connectivity index (χ2v) is 7.13. The first-order chi connectivity index (χ1) is 6.31. The maximum atomic E-state index is 5.99. The molecule has 15 heavy (non-hydrogen) atoms. The van der Waals surface area contributed by atoms with Crippen molar-refractivity contribution in [3.63, 3.8) is 0 Å². The Kier molecular flexibility index (Phi) is 8.02. The predicted octanol–water partition coefficient (Wildman–Crippen LogP) is -3.27. The minimum atomic E-state index is -0.425. The molecular weight excluding hydrogens is 236 g/mol. The van der Waals surface area contributed by atoms with Crippen LogP contribution in [0.4, 0.5) is 0 Å². The summed E-state index contributed by atoms with van der Waals surface area (Å²) in [6.07, 6.45) is 0.442. The van der Waals surface area contributed by atoms with Gasteiger partial charge in [-0.05, 0) is 5.04 Å². The Balaban J connectivity index is 0. The van der Waals surface area contributed by atoms with Crippen molar-refractivity contribution >= 4 is 10.2 Å². The van der Waals surface area contributed by atoms with Crippen molar-refractivity contribution in [2.24, 2.45) is 5.73 Å². The van der Waals surface area contributed by atoms with Gasteiger partial charge >= 0.3 is 0 Å². The fourth-order valence-corrected chi connectivity index (χ4v) is 1.79. The fraction of sp³-hybridized carbons (Fsp3) is 1.00. The van der Waals surface area contributed by atoms with Crippen LogP contribution in [0, 0.1) is 0 Å². The summed E-state index contributed by atoms with van der Waals surface area (Å²) in [6, 6.07) is 0. The average Bonchev–Trinajstić information content (AvgIpc) is 2.05. The van der Waals surface area contributed by atoms with Crippen LogP contribution >= 0.6 is 0 Å². The van der Waals surface area contributed by atoms with Gasteiger partial charge in [0.25, 0.3) is 0 Å². The van der Waals surface area contributed by atoms with Crippen molar-refractivity contribution in [2.45, 2.75) is 31.5 Å². The van der Waals surface area contributed by atoms with Crippen LogP contribution < -0.4 is 18.1 Å². The molecule has 0 saturated heterocycles. The summed E-state index contributed by atoms with van der Waals surface area (Å²) < 4.78 is 0. The van der Waals surface area contributed by atoms with E-state index in [0.29, 0.717) is 0 Å². The highest BCUT2D eigenvalue weighted by Gasteiger charge is 2.41. The number of quaternary nitrogens is 1. The Morgan fingerprint density at radius 1 is 1.20 bits per heavy atom. The van der Waals surface area contributed by atoms with Crippen LogP contribution in [-0.2, 0) is 14.5 Å². The van der Waals surface area contributed by atoms with Crippen molar-refractivity contribution in [3.8, 4) is 0 Å². The normalized spacial score (nSPS) is 14.8. The molecule has 0 aliphatic carbocycles. The smallest absolute Gasteiger partial charge is 0.238 e. The number of halogens is 1. The summed E-state index contributed by atoms with van der Waals surface area (Å²) in [4.78, 5) is 15.0. The minimum Gasteiger partial charge on any atom is -1.00 e. The Morgan fingerprint density at radius 2 is 1.53 bits per heavy atom. The first-order valence-corrected chi connectivity index (χ1v) is 5.63. The average molecular weight is 259 g/mol. The zero-order chi connectivity index (χ0) is 11.4. The van der Waals surface area contributed by atoms with Crippen LogP contribution in [0.3, 0.4) is 0 Å². The molecule has 0 bridgehead atoms. The third-order valence-corrected chi connectivity index (χ3v) is 2.40. The van der Waals surface area contributed by atoms with E-state index in [1.54, 1.807) is 0 Å². The van der Waals surface area contributed by atoms with Gasteiger partial charge in [0.15, 0.2) is 0 Å². The van der Waals surface area contributed by atoms with Gasteiger partial charge in [-0.15, -0.1) is 14.5 Å². The summed E-state index contributed by atoms with van der Waals surface area (Å²) in [5.41, 5.74) is 5.99. The van der Waals surface area contributed by atoms with E-state index in [1.165, 1.54) is 21.3 Å². The molecule has 0 aromatic heterocycles. The molecule has 0 aliphatic heterocycles. The van der Waals surface area contributed by atoms with Gasteiger partial charge in [-0.25, -0.2) is 0 Å². The topological polar surface area (TPSA) is 53.7 Å². The van der Waals surface area contributed by atoms with Gasteiger partial charge in [0.05, 0.1) is 0 Å². The Labute approximate surface area is 101 Å². The summed E-state index contributed by atoms with van der Waals surface area (Å²) in [7, 11) is 5.58. The molecule has 5 nitrogen and oxygen atoms in total. The first-order valence-electron chi connectivity index (χ1n) is 4.63. The van der Waals surface area contributed by atoms with Crippen molar-refractivity contribution in [3.05, 3.63) is 0 Å². The predicted molar refractivity (Wildman–Crippen MR) is 57.9 cm³/mol. The van der Waals surface area contributed by atoms with Gasteiger partial charge in [-0.1, -0.05) is 13.8 Å². The van der Waals surface area contributed by atoms with E-state index in [1.807, 2.05) is 0 Å². The molecule has 0 aromatic rings. The lowest BCUT2D eigenvalue weighted by Crippen LogP contribution is -3.00. The summed E-state index contributed by atoms with van der Waals surface area (Å²) in [5, 5.41) is 0.235. The highest BCUT2D eigenvalue weighted by Crippen LogP contribution is 2.28. The molecule has 94 valence electrons. The molecular formula is C8H23ClN2O3Si. The molecule has 0 aromatic carbocycles. The van der Waals surface area contributed by atoms with E-state index in [9.17, 15) is 0 Å². The van der Waals surface area contributed by atoms with Crippen molar-refractivity contribution in [1.82, 2.24) is 0 Å². The molecule has 2 N–H and O–H groups in total. The molecule has 0 fully saturated rings. The molecule has 0 aliphatic rings. The SMILES string of the molecule is CO[N+](OC)(OC)C(N)CC(C)(C)[SiH3].[Cl-]. The molecule has 1 atom stereocenters. The highest BCUT2D eigenvalue weighted by atomic mass is 35.5. The standard InChI is InChI=1S/C8H23N2O3Si.ClH/c1-8(2,14)6-7(9)10(11-3,12-4)13-5;/h7H,6,9H2,1-5,14H3;1H/q+1;/p-1. The zero-order valence-corrected chi connectivity index (χ0v) is 13.2. The largest absolute Gasteiger partial charge is 1.00 e. The molecule has 0 heterocycles. The molecule has 0 amide bonds. The lowest BCUT2D eigenvalue weighted by Gasteiger charge is -2.33. The number of nitrogens with two attached hydrogens (primary N) is 1. The zero-order valence-electron chi connectivity index (χ0n) is 10.4. The quantitative estimate of drug-likeness (QED) is 0.235. The highest BCUT2D eigenvalue weighted by molar-refractivity contribution is 6.14. The Hall–Kier alpha value is 0.307. The molecule has 0 rings (SSSR count). The van der Waals surface area contributed by atoms with E-state index in [-0.39, 0.29) is 23.6 Å². The molecule has 0 radical (unpaired) electrons. The lowest BCUT2D eigenvalue weighted by molar-refractivity contribution is -1.37. The number of rotatable bonds is 6. The third kappa shape index (κ3) is 5.25. The van der Waals surface area contributed by atoms with Gasteiger partial charge in [0, 0.05) is 16.7 Å². The number of hydroxylamine groups is 3. The monoisotopic (exact) mass is 258 g/mol. The Bertz CT molecular complexity index is 165. The number of nitrogens with zero attached hydrogens (tertiary/aromatic N) is 1. The van der Waals surface area contributed by atoms with E-state index in [4.69, 9.17) is 20.2 Å². The molecule has 0 spiro atoms. The van der Waals surface area contributed by atoms with Crippen molar-refractivity contribution in [2.75, 3.05) is 21.3 Å². The van der Waals surface area contributed by atoms with Crippen LogP contribution in [0.5, 0.6) is 0 Å². The van der Waals surface area contributed by atoms with Crippen LogP contribution in [-0.4, -0.2) is 42.7 Å². The molecule has 0 saturated carbocycles. The summed E-state index contributed by atoms with van der Waals surface area (Å²) >= 11 is 0. The van der Waals surface area contributed by atoms with E-state index in [2.05, 4.69) is 13.8 Å². The minimum absolute atomic E-state index is 0. The van der Waals surface area contributed by atoms with Crippen molar-refractivity contribution in [1.29, 1.82) is 0 Å². The van der Waals surface area contributed by atoms with E-state index >= 15 is 0 Å². The second-order valence-electron chi connectivity index (χ2n) is 4.42. The van der Waals surface area contributed by atoms with E-state index in [0.717, 1.165) is 16.7 Å². The summed E-state index contributed by atoms with van der Waals surface area (Å²) in [5.74, 6) is 0. The third-order valence-electron chi connectivity index (χ3n) is 1.99. The summed E-state index contributed by atoms with van der Waals surface area (Å²) in [6.45, 7) is 4.32. The van der Waals surface area contributed by atoms with Gasteiger partial charge in [-0.3, -0.25) is 5.73 Å². The second kappa shape index (κ2) is 6.80. The maximum Gasteiger partial charge on any atom is 0.238 e. The Morgan fingerprint density at radius 3 is 1.73 bits per heavy atom. The van der Waals surface area contributed by atoms with Crippen molar-refractivity contribution < 1.29 is 31.9 Å². The van der Waals surface area contributed by atoms with Gasteiger partial charge < -0.3 is 12.4 Å². The lowest BCUT2D eigenvalue weighted by atomic mass is 10.1. The number of hydrogen-bond donors (Lipinski definition) is 1. The maximum absolute atomic E-state index is 5.99. The van der Waals surface area contributed by atoms with Gasteiger partial charge in [-0.2, -0.15) is 0 Å². The molecule has 7 heteroatoms. The number of hydrogen-bond acceptors (Lipinski definition) is 4. The fourth-order valence-electron chi connectivity index (χ4n) is 1.37. The first kappa shape index (κ1) is 17.7.